The number of benzene rings is 3. The average molecular weight is 342 g/mol. The Morgan fingerprint density at radius 3 is 2.54 bits per heavy atom. The maximum absolute atomic E-state index is 6.01. The van der Waals surface area contributed by atoms with Crippen LogP contribution in [0.15, 0.2) is 54.6 Å². The molecule has 0 bridgehead atoms. The monoisotopic (exact) mass is 341 g/mol. The predicted octanol–water partition coefficient (Wildman–Crippen LogP) is 4.72. The topological polar surface area (TPSA) is 44.5 Å². The molecular formula is C20H20ClNO2. The van der Waals surface area contributed by atoms with E-state index in [1.165, 1.54) is 0 Å². The fourth-order valence-electron chi connectivity index (χ4n) is 2.68. The molecule has 0 aliphatic heterocycles. The first-order valence-electron chi connectivity index (χ1n) is 7.91. The van der Waals surface area contributed by atoms with Gasteiger partial charge in [-0.3, -0.25) is 0 Å². The van der Waals surface area contributed by atoms with Gasteiger partial charge < -0.3 is 15.2 Å². The molecule has 124 valence electrons. The number of rotatable bonds is 6. The molecule has 0 heterocycles. The summed E-state index contributed by atoms with van der Waals surface area (Å²) in [6.45, 7) is 3.30. The van der Waals surface area contributed by atoms with Crippen LogP contribution in [0.25, 0.3) is 10.8 Å². The van der Waals surface area contributed by atoms with Gasteiger partial charge in [-0.05, 0) is 47.5 Å². The summed E-state index contributed by atoms with van der Waals surface area (Å²) in [5.41, 5.74) is 7.94. The van der Waals surface area contributed by atoms with Gasteiger partial charge in [0.25, 0.3) is 0 Å². The summed E-state index contributed by atoms with van der Waals surface area (Å²) in [5.74, 6) is 1.60. The Labute approximate surface area is 147 Å². The number of halogens is 1. The minimum absolute atomic E-state index is 0.438. The third kappa shape index (κ3) is 3.64. The molecule has 3 aromatic carbocycles. The van der Waals surface area contributed by atoms with Crippen LogP contribution < -0.4 is 15.2 Å². The quantitative estimate of drug-likeness (QED) is 0.660. The first-order valence-corrected chi connectivity index (χ1v) is 8.29. The lowest BCUT2D eigenvalue weighted by atomic mass is 10.0. The van der Waals surface area contributed by atoms with Crippen molar-refractivity contribution in [3.05, 3.63) is 70.7 Å². The average Bonchev–Trinajstić information content (AvgIpc) is 2.61. The van der Waals surface area contributed by atoms with Crippen LogP contribution in [-0.2, 0) is 6.54 Å². The van der Waals surface area contributed by atoms with E-state index in [-0.39, 0.29) is 0 Å². The fraction of sp³-hybridized carbons (Fsp3) is 0.200. The number of hydrogen-bond acceptors (Lipinski definition) is 3. The highest BCUT2D eigenvalue weighted by molar-refractivity contribution is 6.31. The van der Waals surface area contributed by atoms with E-state index in [9.17, 15) is 0 Å². The molecule has 24 heavy (non-hydrogen) atoms. The molecule has 3 rings (SSSR count). The number of nitrogens with two attached hydrogens (primary N) is 1. The molecule has 3 aromatic rings. The summed E-state index contributed by atoms with van der Waals surface area (Å²) < 4.78 is 11.6. The molecule has 0 saturated heterocycles. The Balaban J connectivity index is 1.64. The Hall–Kier alpha value is -2.23. The van der Waals surface area contributed by atoms with Crippen LogP contribution in [-0.4, -0.2) is 13.2 Å². The predicted molar refractivity (Wildman–Crippen MR) is 99.0 cm³/mol. The maximum atomic E-state index is 6.01. The zero-order valence-corrected chi connectivity index (χ0v) is 14.3. The van der Waals surface area contributed by atoms with Gasteiger partial charge in [-0.1, -0.05) is 41.9 Å². The normalized spacial score (nSPS) is 10.8. The van der Waals surface area contributed by atoms with Crippen molar-refractivity contribution < 1.29 is 9.47 Å². The molecule has 0 spiro atoms. The second-order valence-electron chi connectivity index (χ2n) is 5.58. The summed E-state index contributed by atoms with van der Waals surface area (Å²) >= 11 is 6.01. The zero-order valence-electron chi connectivity index (χ0n) is 13.6. The second kappa shape index (κ2) is 7.56. The first kappa shape index (κ1) is 16.6. The SMILES string of the molecule is Cc1cc(OCCOc2ccc3ccccc3c2CN)ccc1Cl. The van der Waals surface area contributed by atoms with Crippen molar-refractivity contribution in [2.75, 3.05) is 13.2 Å². The second-order valence-corrected chi connectivity index (χ2v) is 5.98. The number of fused-ring (bicyclic) bond motifs is 1. The molecule has 0 atom stereocenters. The first-order chi connectivity index (χ1) is 11.7. The number of ether oxygens (including phenoxy) is 2. The molecule has 0 aromatic heterocycles. The molecule has 0 saturated carbocycles. The van der Waals surface area contributed by atoms with Crippen LogP contribution in [0.3, 0.4) is 0 Å². The third-order valence-corrected chi connectivity index (χ3v) is 4.36. The van der Waals surface area contributed by atoms with Gasteiger partial charge in [0.15, 0.2) is 0 Å². The molecule has 0 radical (unpaired) electrons. The Bertz CT molecular complexity index is 848. The summed E-state index contributed by atoms with van der Waals surface area (Å²) in [6, 6.07) is 17.8. The molecular weight excluding hydrogens is 322 g/mol. The Kier molecular flexibility index (Phi) is 5.24. The van der Waals surface area contributed by atoms with Crippen LogP contribution in [0.5, 0.6) is 11.5 Å². The van der Waals surface area contributed by atoms with Crippen molar-refractivity contribution in [1.82, 2.24) is 0 Å². The van der Waals surface area contributed by atoms with Crippen molar-refractivity contribution in [1.29, 1.82) is 0 Å². The Morgan fingerprint density at radius 2 is 1.75 bits per heavy atom. The standard InChI is InChI=1S/C20H20ClNO2/c1-14-12-16(7-8-19(14)21)23-10-11-24-20-9-6-15-4-2-3-5-17(15)18(20)13-22/h2-9,12H,10-11,13,22H2,1H3. The smallest absolute Gasteiger partial charge is 0.124 e. The van der Waals surface area contributed by atoms with E-state index in [0.717, 1.165) is 38.4 Å². The molecule has 2 N–H and O–H groups in total. The van der Waals surface area contributed by atoms with E-state index in [1.54, 1.807) is 0 Å². The highest BCUT2D eigenvalue weighted by Gasteiger charge is 2.07. The highest BCUT2D eigenvalue weighted by atomic mass is 35.5. The van der Waals surface area contributed by atoms with Gasteiger partial charge in [-0.25, -0.2) is 0 Å². The number of hydrogen-bond donors (Lipinski definition) is 1. The third-order valence-electron chi connectivity index (χ3n) is 3.94. The van der Waals surface area contributed by atoms with E-state index >= 15 is 0 Å². The zero-order chi connectivity index (χ0) is 16.9. The lowest BCUT2D eigenvalue weighted by Gasteiger charge is -2.14. The summed E-state index contributed by atoms with van der Waals surface area (Å²) in [5, 5.41) is 3.03. The van der Waals surface area contributed by atoms with Gasteiger partial charge in [0, 0.05) is 17.1 Å². The van der Waals surface area contributed by atoms with E-state index in [0.29, 0.717) is 19.8 Å². The van der Waals surface area contributed by atoms with Crippen molar-refractivity contribution in [3.63, 3.8) is 0 Å². The largest absolute Gasteiger partial charge is 0.490 e. The molecule has 3 nitrogen and oxygen atoms in total. The highest BCUT2D eigenvalue weighted by Crippen LogP contribution is 2.27. The van der Waals surface area contributed by atoms with E-state index in [1.807, 2.05) is 49.4 Å². The molecule has 0 aliphatic carbocycles. The van der Waals surface area contributed by atoms with Crippen LogP contribution >= 0.6 is 11.6 Å². The van der Waals surface area contributed by atoms with Gasteiger partial charge in [0.1, 0.15) is 24.7 Å². The van der Waals surface area contributed by atoms with E-state index in [4.69, 9.17) is 26.8 Å². The minimum Gasteiger partial charge on any atom is -0.490 e. The van der Waals surface area contributed by atoms with Crippen LogP contribution in [0.1, 0.15) is 11.1 Å². The number of aryl methyl sites for hydroxylation is 1. The summed E-state index contributed by atoms with van der Waals surface area (Å²) in [7, 11) is 0. The molecule has 4 heteroatoms. The van der Waals surface area contributed by atoms with Crippen LogP contribution in [0, 0.1) is 6.92 Å². The van der Waals surface area contributed by atoms with Gasteiger partial charge in [-0.15, -0.1) is 0 Å². The minimum atomic E-state index is 0.438. The molecule has 0 aliphatic rings. The summed E-state index contributed by atoms with van der Waals surface area (Å²) in [4.78, 5) is 0. The lowest BCUT2D eigenvalue weighted by molar-refractivity contribution is 0.216. The van der Waals surface area contributed by atoms with Crippen molar-refractivity contribution >= 4 is 22.4 Å². The van der Waals surface area contributed by atoms with Crippen molar-refractivity contribution in [2.24, 2.45) is 5.73 Å². The summed E-state index contributed by atoms with van der Waals surface area (Å²) in [6.07, 6.45) is 0. The van der Waals surface area contributed by atoms with Crippen molar-refractivity contribution in [3.8, 4) is 11.5 Å². The Morgan fingerprint density at radius 1 is 0.958 bits per heavy atom. The van der Waals surface area contributed by atoms with E-state index < -0.39 is 0 Å². The maximum Gasteiger partial charge on any atom is 0.124 e. The molecule has 0 amide bonds. The van der Waals surface area contributed by atoms with E-state index in [2.05, 4.69) is 12.1 Å². The van der Waals surface area contributed by atoms with Gasteiger partial charge in [0.2, 0.25) is 0 Å². The molecule has 0 fully saturated rings. The molecule has 0 unspecified atom stereocenters. The lowest BCUT2D eigenvalue weighted by Crippen LogP contribution is -2.11. The fourth-order valence-corrected chi connectivity index (χ4v) is 2.80. The van der Waals surface area contributed by atoms with Crippen LogP contribution in [0.2, 0.25) is 5.02 Å². The van der Waals surface area contributed by atoms with Crippen molar-refractivity contribution in [2.45, 2.75) is 13.5 Å². The van der Waals surface area contributed by atoms with Gasteiger partial charge in [0.05, 0.1) is 0 Å². The van der Waals surface area contributed by atoms with Crippen LogP contribution in [0.4, 0.5) is 0 Å². The van der Waals surface area contributed by atoms with Gasteiger partial charge in [-0.2, -0.15) is 0 Å². The van der Waals surface area contributed by atoms with Gasteiger partial charge >= 0.3 is 0 Å².